The number of aliphatic hydroxyl groups excluding tert-OH is 2. The van der Waals surface area contributed by atoms with Crippen molar-refractivity contribution in [2.24, 2.45) is 23.7 Å². The number of hydrogen-bond acceptors (Lipinski definition) is 2. The predicted octanol–water partition coefficient (Wildman–Crippen LogP) is 2.58. The topological polar surface area (TPSA) is 40.5 Å². The molecule has 2 rings (SSSR count). The average Bonchev–Trinajstić information content (AvgIpc) is 2.39. The molecule has 2 unspecified atom stereocenters. The summed E-state index contributed by atoms with van der Waals surface area (Å²) in [5.74, 6) is 2.75. The van der Waals surface area contributed by atoms with E-state index in [1.165, 1.54) is 51.4 Å². The van der Waals surface area contributed by atoms with Crippen molar-refractivity contribution in [1.82, 2.24) is 0 Å². The van der Waals surface area contributed by atoms with Crippen molar-refractivity contribution in [1.29, 1.82) is 0 Å². The van der Waals surface area contributed by atoms with E-state index in [9.17, 15) is 5.11 Å². The molecule has 2 aliphatic rings. The van der Waals surface area contributed by atoms with Crippen molar-refractivity contribution in [2.45, 2.75) is 51.4 Å². The van der Waals surface area contributed by atoms with Gasteiger partial charge in [-0.05, 0) is 62.2 Å². The highest BCUT2D eigenvalue weighted by molar-refractivity contribution is 4.84. The van der Waals surface area contributed by atoms with E-state index in [4.69, 9.17) is 5.11 Å². The number of aliphatic hydroxyl groups is 2. The van der Waals surface area contributed by atoms with Gasteiger partial charge in [0.25, 0.3) is 0 Å². The largest absolute Gasteiger partial charge is 0.396 e. The first kappa shape index (κ1) is 12.4. The Labute approximate surface area is 99.1 Å². The lowest BCUT2D eigenvalue weighted by Gasteiger charge is -2.39. The second-order valence-corrected chi connectivity index (χ2v) is 5.85. The Morgan fingerprint density at radius 2 is 1.44 bits per heavy atom. The lowest BCUT2D eigenvalue weighted by Crippen LogP contribution is -2.32. The summed E-state index contributed by atoms with van der Waals surface area (Å²) in [6, 6.07) is 0. The van der Waals surface area contributed by atoms with E-state index in [0.29, 0.717) is 25.0 Å². The van der Waals surface area contributed by atoms with E-state index >= 15 is 0 Å². The molecule has 0 heterocycles. The first-order valence-electron chi connectivity index (χ1n) is 7.07. The summed E-state index contributed by atoms with van der Waals surface area (Å²) in [6.45, 7) is 0.769. The fourth-order valence-electron chi connectivity index (χ4n) is 3.88. The average molecular weight is 226 g/mol. The van der Waals surface area contributed by atoms with Crippen LogP contribution < -0.4 is 0 Å². The van der Waals surface area contributed by atoms with Gasteiger partial charge < -0.3 is 10.2 Å². The van der Waals surface area contributed by atoms with E-state index in [1.807, 2.05) is 0 Å². The summed E-state index contributed by atoms with van der Waals surface area (Å²) in [5, 5.41) is 18.6. The number of hydrogen-bond donors (Lipinski definition) is 2. The molecule has 0 radical (unpaired) electrons. The minimum Gasteiger partial charge on any atom is -0.396 e. The van der Waals surface area contributed by atoms with Gasteiger partial charge in [0.2, 0.25) is 0 Å². The van der Waals surface area contributed by atoms with Crippen LogP contribution in [-0.2, 0) is 0 Å². The fourth-order valence-corrected chi connectivity index (χ4v) is 3.88. The highest BCUT2D eigenvalue weighted by Gasteiger charge is 2.33. The van der Waals surface area contributed by atoms with E-state index in [1.54, 1.807) is 0 Å². The molecule has 2 atom stereocenters. The smallest absolute Gasteiger partial charge is 0.0462 e. The molecule has 0 aromatic heterocycles. The van der Waals surface area contributed by atoms with E-state index in [-0.39, 0.29) is 0 Å². The second-order valence-electron chi connectivity index (χ2n) is 5.85. The van der Waals surface area contributed by atoms with Gasteiger partial charge in [-0.3, -0.25) is 0 Å². The summed E-state index contributed by atoms with van der Waals surface area (Å²) in [4.78, 5) is 0. The normalized spacial score (nSPS) is 40.9. The maximum atomic E-state index is 9.45. The molecule has 94 valence electrons. The molecule has 2 heteroatoms. The standard InChI is InChI=1S/C14H26O2/c15-9-11-5-7-12(8-6-11)14-4-2-1-3-13(14)10-16/h11-16H,1-10H2. The minimum absolute atomic E-state index is 0.376. The summed E-state index contributed by atoms with van der Waals surface area (Å²) in [7, 11) is 0. The van der Waals surface area contributed by atoms with Gasteiger partial charge in [-0.15, -0.1) is 0 Å². The molecule has 2 aliphatic carbocycles. The van der Waals surface area contributed by atoms with Crippen LogP contribution in [0.3, 0.4) is 0 Å². The predicted molar refractivity (Wildman–Crippen MR) is 65.1 cm³/mol. The molecule has 0 amide bonds. The van der Waals surface area contributed by atoms with Crippen LogP contribution in [0.25, 0.3) is 0 Å². The van der Waals surface area contributed by atoms with Crippen LogP contribution in [0.15, 0.2) is 0 Å². The van der Waals surface area contributed by atoms with Crippen molar-refractivity contribution >= 4 is 0 Å². The Balaban J connectivity index is 1.86. The molecule has 0 saturated heterocycles. The Bertz CT molecular complexity index is 197. The van der Waals surface area contributed by atoms with Crippen LogP contribution in [0.2, 0.25) is 0 Å². The lowest BCUT2D eigenvalue weighted by molar-refractivity contribution is 0.0616. The SMILES string of the molecule is OCC1CCC(C2CCCCC2CO)CC1. The van der Waals surface area contributed by atoms with Gasteiger partial charge in [-0.25, -0.2) is 0 Å². The molecule has 2 saturated carbocycles. The van der Waals surface area contributed by atoms with Crippen LogP contribution in [0, 0.1) is 23.7 Å². The van der Waals surface area contributed by atoms with Crippen molar-refractivity contribution in [3.8, 4) is 0 Å². The second kappa shape index (κ2) is 6.02. The molecular formula is C14H26O2. The third-order valence-corrected chi connectivity index (χ3v) is 4.96. The Morgan fingerprint density at radius 1 is 0.750 bits per heavy atom. The third-order valence-electron chi connectivity index (χ3n) is 4.96. The third kappa shape index (κ3) is 2.78. The zero-order valence-electron chi connectivity index (χ0n) is 10.3. The Kier molecular flexibility index (Phi) is 4.66. The van der Waals surface area contributed by atoms with Gasteiger partial charge in [-0.1, -0.05) is 12.8 Å². The maximum Gasteiger partial charge on any atom is 0.0462 e. The lowest BCUT2D eigenvalue weighted by atomic mass is 9.67. The van der Waals surface area contributed by atoms with Gasteiger partial charge in [0.15, 0.2) is 0 Å². The molecule has 16 heavy (non-hydrogen) atoms. The van der Waals surface area contributed by atoms with Crippen LogP contribution >= 0.6 is 0 Å². The zero-order chi connectivity index (χ0) is 11.4. The van der Waals surface area contributed by atoms with Gasteiger partial charge in [0, 0.05) is 13.2 Å². The summed E-state index contributed by atoms with van der Waals surface area (Å²) >= 11 is 0. The molecule has 2 N–H and O–H groups in total. The Hall–Kier alpha value is -0.0800. The number of rotatable bonds is 3. The molecule has 0 aromatic carbocycles. The van der Waals surface area contributed by atoms with Gasteiger partial charge >= 0.3 is 0 Å². The highest BCUT2D eigenvalue weighted by atomic mass is 16.3. The molecule has 0 spiro atoms. The monoisotopic (exact) mass is 226 g/mol. The first-order chi connectivity index (χ1) is 7.85. The molecule has 2 nitrogen and oxygen atoms in total. The molecule has 0 aliphatic heterocycles. The molecule has 0 aromatic rings. The van der Waals surface area contributed by atoms with Crippen molar-refractivity contribution in [2.75, 3.05) is 13.2 Å². The quantitative estimate of drug-likeness (QED) is 0.776. The van der Waals surface area contributed by atoms with E-state index in [0.717, 1.165) is 11.8 Å². The summed E-state index contributed by atoms with van der Waals surface area (Å²) in [5.41, 5.74) is 0. The first-order valence-corrected chi connectivity index (χ1v) is 7.07. The van der Waals surface area contributed by atoms with Crippen LogP contribution in [-0.4, -0.2) is 23.4 Å². The van der Waals surface area contributed by atoms with Crippen LogP contribution in [0.1, 0.15) is 51.4 Å². The Morgan fingerprint density at radius 3 is 2.06 bits per heavy atom. The maximum absolute atomic E-state index is 9.45. The van der Waals surface area contributed by atoms with Gasteiger partial charge in [0.1, 0.15) is 0 Å². The van der Waals surface area contributed by atoms with Gasteiger partial charge in [-0.2, -0.15) is 0 Å². The van der Waals surface area contributed by atoms with Crippen molar-refractivity contribution in [3.05, 3.63) is 0 Å². The van der Waals surface area contributed by atoms with E-state index in [2.05, 4.69) is 0 Å². The van der Waals surface area contributed by atoms with Crippen LogP contribution in [0.5, 0.6) is 0 Å². The molecule has 2 fully saturated rings. The van der Waals surface area contributed by atoms with Crippen molar-refractivity contribution < 1.29 is 10.2 Å². The highest BCUT2D eigenvalue weighted by Crippen LogP contribution is 2.42. The van der Waals surface area contributed by atoms with E-state index < -0.39 is 0 Å². The van der Waals surface area contributed by atoms with Crippen molar-refractivity contribution in [3.63, 3.8) is 0 Å². The zero-order valence-corrected chi connectivity index (χ0v) is 10.3. The fraction of sp³-hybridized carbons (Fsp3) is 1.00. The molecule has 0 bridgehead atoms. The molecular weight excluding hydrogens is 200 g/mol. The van der Waals surface area contributed by atoms with Crippen LogP contribution in [0.4, 0.5) is 0 Å². The van der Waals surface area contributed by atoms with Gasteiger partial charge in [0.05, 0.1) is 0 Å². The summed E-state index contributed by atoms with van der Waals surface area (Å²) in [6.07, 6.45) is 10.2. The summed E-state index contributed by atoms with van der Waals surface area (Å²) < 4.78 is 0. The minimum atomic E-state index is 0.376.